The predicted molar refractivity (Wildman–Crippen MR) is 142 cm³/mol. The molecule has 4 rings (SSSR count). The van der Waals surface area contributed by atoms with Crippen LogP contribution < -0.4 is 15.5 Å². The van der Waals surface area contributed by atoms with Crippen molar-refractivity contribution in [1.29, 1.82) is 5.41 Å². The van der Waals surface area contributed by atoms with Crippen LogP contribution in [0, 0.1) is 17.1 Å². The number of nitrogens with one attached hydrogen (secondary N) is 3. The van der Waals surface area contributed by atoms with Crippen molar-refractivity contribution >= 4 is 28.9 Å². The second-order valence-corrected chi connectivity index (χ2v) is 10.1. The first-order chi connectivity index (χ1) is 17.8. The number of hydrogen-bond donors (Lipinski definition) is 3. The zero-order valence-electron chi connectivity index (χ0n) is 21.9. The van der Waals surface area contributed by atoms with Gasteiger partial charge in [0, 0.05) is 24.2 Å². The highest BCUT2D eigenvalue weighted by atomic mass is 19.1. The van der Waals surface area contributed by atoms with Crippen LogP contribution in [0.1, 0.15) is 69.5 Å². The summed E-state index contributed by atoms with van der Waals surface area (Å²) in [7, 11) is 1.71. The van der Waals surface area contributed by atoms with Crippen molar-refractivity contribution in [2.45, 2.75) is 76.8 Å². The van der Waals surface area contributed by atoms with E-state index >= 15 is 0 Å². The third kappa shape index (κ3) is 5.87. The van der Waals surface area contributed by atoms with Gasteiger partial charge in [0.25, 0.3) is 0 Å². The highest BCUT2D eigenvalue weighted by molar-refractivity contribution is 6.42. The number of likely N-dealkylation sites (N-methyl/N-ethyl adjacent to an activating group) is 1. The van der Waals surface area contributed by atoms with E-state index in [2.05, 4.69) is 20.6 Å². The van der Waals surface area contributed by atoms with Crippen molar-refractivity contribution < 1.29 is 14.0 Å². The fourth-order valence-electron chi connectivity index (χ4n) is 5.48. The second kappa shape index (κ2) is 11.9. The average molecular weight is 509 g/mol. The average Bonchev–Trinajstić information content (AvgIpc) is 3.34. The molecular formula is C28H37FN6O2. The summed E-state index contributed by atoms with van der Waals surface area (Å²) in [6.07, 6.45) is 7.58. The smallest absolute Gasteiger partial charge is 0.237 e. The van der Waals surface area contributed by atoms with Gasteiger partial charge in [-0.05, 0) is 69.3 Å². The maximum absolute atomic E-state index is 13.8. The Morgan fingerprint density at radius 2 is 1.95 bits per heavy atom. The van der Waals surface area contributed by atoms with Crippen LogP contribution in [-0.2, 0) is 16.0 Å². The summed E-state index contributed by atoms with van der Waals surface area (Å²) in [6.45, 7) is 4.35. The van der Waals surface area contributed by atoms with E-state index in [4.69, 9.17) is 5.41 Å². The van der Waals surface area contributed by atoms with Gasteiger partial charge >= 0.3 is 0 Å². The van der Waals surface area contributed by atoms with E-state index in [1.807, 2.05) is 17.9 Å². The molecule has 0 radical (unpaired) electrons. The lowest BCUT2D eigenvalue weighted by molar-refractivity contribution is -0.127. The van der Waals surface area contributed by atoms with Gasteiger partial charge in [-0.25, -0.2) is 14.4 Å². The molecule has 1 aliphatic carbocycles. The minimum Gasteiger partial charge on any atom is -0.344 e. The number of rotatable bonds is 10. The Balaban J connectivity index is 1.58. The molecule has 0 spiro atoms. The Kier molecular flexibility index (Phi) is 8.63. The number of nitrogens with zero attached hydrogens (tertiary/aromatic N) is 3. The minimum absolute atomic E-state index is 0.0227. The molecular weight excluding hydrogens is 471 g/mol. The zero-order chi connectivity index (χ0) is 26.5. The number of ketones is 1. The molecule has 1 fully saturated rings. The second-order valence-electron chi connectivity index (χ2n) is 10.1. The molecule has 1 amide bonds. The molecule has 1 aliphatic heterocycles. The van der Waals surface area contributed by atoms with Crippen LogP contribution in [0.4, 0.5) is 15.9 Å². The fraction of sp³-hybridized carbons (Fsp3) is 0.536. The lowest BCUT2D eigenvalue weighted by atomic mass is 9.79. The minimum atomic E-state index is -0.716. The van der Waals surface area contributed by atoms with E-state index < -0.39 is 18.0 Å². The van der Waals surface area contributed by atoms with Gasteiger partial charge in [-0.3, -0.25) is 9.59 Å². The summed E-state index contributed by atoms with van der Waals surface area (Å²) < 4.78 is 13.7. The van der Waals surface area contributed by atoms with Gasteiger partial charge in [-0.15, -0.1) is 0 Å². The van der Waals surface area contributed by atoms with Crippen LogP contribution >= 0.6 is 0 Å². The number of aromatic nitrogens is 2. The molecule has 3 N–H and O–H groups in total. The Morgan fingerprint density at radius 3 is 2.65 bits per heavy atom. The molecule has 2 aromatic rings. The first kappa shape index (κ1) is 26.9. The number of carbonyl (C=O) groups excluding carboxylic acids is 2. The van der Waals surface area contributed by atoms with E-state index in [1.54, 1.807) is 26.1 Å². The van der Waals surface area contributed by atoms with Crippen molar-refractivity contribution in [3.63, 3.8) is 0 Å². The molecule has 1 aromatic heterocycles. The molecule has 2 aliphatic rings. The van der Waals surface area contributed by atoms with Gasteiger partial charge < -0.3 is 20.9 Å². The maximum atomic E-state index is 13.8. The van der Waals surface area contributed by atoms with Crippen LogP contribution in [0.2, 0.25) is 0 Å². The number of Topliss-reactive ketones (excluding diaryl/α,β-unsaturated/α-hetero) is 1. The highest BCUT2D eigenvalue weighted by Gasteiger charge is 2.36. The van der Waals surface area contributed by atoms with Crippen LogP contribution in [0.15, 0.2) is 30.6 Å². The Morgan fingerprint density at radius 1 is 1.19 bits per heavy atom. The molecule has 9 heteroatoms. The molecule has 198 valence electrons. The fourth-order valence-corrected chi connectivity index (χ4v) is 5.48. The molecule has 0 bridgehead atoms. The highest BCUT2D eigenvalue weighted by Crippen LogP contribution is 2.35. The van der Waals surface area contributed by atoms with Gasteiger partial charge in [0.1, 0.15) is 18.0 Å². The molecule has 2 heterocycles. The van der Waals surface area contributed by atoms with Crippen LogP contribution in [0.25, 0.3) is 0 Å². The van der Waals surface area contributed by atoms with Gasteiger partial charge in [0.15, 0.2) is 5.78 Å². The summed E-state index contributed by atoms with van der Waals surface area (Å²) in [5.41, 5.74) is 2.39. The van der Waals surface area contributed by atoms with Crippen molar-refractivity contribution in [3.05, 3.63) is 47.7 Å². The summed E-state index contributed by atoms with van der Waals surface area (Å²) in [5, 5.41) is 14.8. The predicted octanol–water partition coefficient (Wildman–Crippen LogP) is 4.07. The van der Waals surface area contributed by atoms with Crippen molar-refractivity contribution in [1.82, 2.24) is 20.6 Å². The Bertz CT molecular complexity index is 1150. The monoisotopic (exact) mass is 508 g/mol. The van der Waals surface area contributed by atoms with Gasteiger partial charge in [0.05, 0.1) is 23.5 Å². The molecule has 3 unspecified atom stereocenters. The standard InChI is InChI=1S/C28H37FN6O2/c1-4-21(22-15-24(33-16-32-22)35-13-12-19-14-20(29)10-11-23(19)35)25(30)27(36)26(18-8-6-5-7-9-18)34-28(37)17(2)31-3/h10-11,14-18,21,26,30-31H,4-9,12-13H2,1-3H3,(H,34,37). The topological polar surface area (TPSA) is 111 Å². The maximum Gasteiger partial charge on any atom is 0.237 e. The number of halogens is 1. The largest absolute Gasteiger partial charge is 0.344 e. The number of hydrogen-bond acceptors (Lipinski definition) is 7. The summed E-state index contributed by atoms with van der Waals surface area (Å²) in [6, 6.07) is 5.42. The van der Waals surface area contributed by atoms with E-state index in [-0.39, 0.29) is 29.1 Å². The van der Waals surface area contributed by atoms with Crippen molar-refractivity contribution in [3.8, 4) is 0 Å². The molecule has 1 saturated carbocycles. The van der Waals surface area contributed by atoms with Crippen molar-refractivity contribution in [2.24, 2.45) is 5.92 Å². The SMILES string of the molecule is CCC(C(=N)C(=O)C(NC(=O)C(C)NC)C1CCCCC1)c1cc(N2CCc3cc(F)ccc32)ncn1. The van der Waals surface area contributed by atoms with Crippen LogP contribution in [0.5, 0.6) is 0 Å². The number of carbonyl (C=O) groups is 2. The summed E-state index contributed by atoms with van der Waals surface area (Å²) >= 11 is 0. The first-order valence-electron chi connectivity index (χ1n) is 13.3. The van der Waals surface area contributed by atoms with Crippen molar-refractivity contribution in [2.75, 3.05) is 18.5 Å². The van der Waals surface area contributed by atoms with E-state index in [9.17, 15) is 14.0 Å². The first-order valence-corrected chi connectivity index (χ1v) is 13.3. The van der Waals surface area contributed by atoms with Gasteiger partial charge in [0.2, 0.25) is 5.91 Å². The number of fused-ring (bicyclic) bond motifs is 1. The number of anilines is 2. The molecule has 8 nitrogen and oxygen atoms in total. The Labute approximate surface area is 218 Å². The van der Waals surface area contributed by atoms with Gasteiger partial charge in [-0.1, -0.05) is 26.2 Å². The van der Waals surface area contributed by atoms with E-state index in [0.717, 1.165) is 43.4 Å². The summed E-state index contributed by atoms with van der Waals surface area (Å²) in [5.74, 6) is -0.665. The summed E-state index contributed by atoms with van der Waals surface area (Å²) in [4.78, 5) is 37.4. The zero-order valence-corrected chi connectivity index (χ0v) is 21.9. The third-order valence-electron chi connectivity index (χ3n) is 7.79. The van der Waals surface area contributed by atoms with E-state index in [1.165, 1.54) is 12.4 Å². The lowest BCUT2D eigenvalue weighted by Crippen LogP contribution is -2.53. The molecule has 3 atom stereocenters. The molecule has 37 heavy (non-hydrogen) atoms. The number of amides is 1. The van der Waals surface area contributed by atoms with Crippen LogP contribution in [0.3, 0.4) is 0 Å². The lowest BCUT2D eigenvalue weighted by Gasteiger charge is -2.32. The quantitative estimate of drug-likeness (QED) is 0.417. The van der Waals surface area contributed by atoms with Crippen LogP contribution in [-0.4, -0.2) is 53.0 Å². The van der Waals surface area contributed by atoms with Gasteiger partial charge in [-0.2, -0.15) is 0 Å². The van der Waals surface area contributed by atoms with E-state index in [0.29, 0.717) is 30.9 Å². The molecule has 0 saturated heterocycles. The number of benzene rings is 1. The molecule has 1 aromatic carbocycles. The third-order valence-corrected chi connectivity index (χ3v) is 7.79. The Hall–Kier alpha value is -3.20. The normalized spacial score (nSPS) is 18.1.